The summed E-state index contributed by atoms with van der Waals surface area (Å²) in [6.07, 6.45) is 6.08. The summed E-state index contributed by atoms with van der Waals surface area (Å²) in [5.41, 5.74) is 0.781. The molecule has 3 aromatic heterocycles. The van der Waals surface area contributed by atoms with Gasteiger partial charge in [0.05, 0.1) is 4.90 Å². The highest BCUT2D eigenvalue weighted by atomic mass is 32.2. The van der Waals surface area contributed by atoms with Crippen LogP contribution in [-0.4, -0.2) is 28.5 Å². The zero-order valence-corrected chi connectivity index (χ0v) is 15.4. The summed E-state index contributed by atoms with van der Waals surface area (Å²) in [7, 11) is -3.99. The second-order valence-corrected chi connectivity index (χ2v) is 7.68. The fourth-order valence-corrected chi connectivity index (χ4v) is 4.44. The maximum atomic E-state index is 13.6. The topological polar surface area (TPSA) is 102 Å². The van der Waals surface area contributed by atoms with Crippen molar-refractivity contribution in [2.75, 3.05) is 4.31 Å². The summed E-state index contributed by atoms with van der Waals surface area (Å²) >= 11 is 0. The van der Waals surface area contributed by atoms with Crippen LogP contribution in [0.1, 0.15) is 11.5 Å². The van der Waals surface area contributed by atoms with E-state index in [1.807, 2.05) is 0 Å². The van der Waals surface area contributed by atoms with Crippen LogP contribution in [0, 0.1) is 13.8 Å². The minimum Gasteiger partial charge on any atom is -0.359 e. The fraction of sp³-hybridized carbons (Fsp3) is 0.111. The quantitative estimate of drug-likeness (QED) is 0.535. The number of fused-ring (bicyclic) bond motifs is 1. The first kappa shape index (κ1) is 17.1. The minimum atomic E-state index is -3.99. The maximum Gasteiger partial charge on any atom is 0.270 e. The van der Waals surface area contributed by atoms with Crippen LogP contribution in [0.25, 0.3) is 10.8 Å². The fourth-order valence-electron chi connectivity index (χ4n) is 2.86. The minimum absolute atomic E-state index is 0.125. The predicted molar refractivity (Wildman–Crippen MR) is 99.1 cm³/mol. The normalized spacial score (nSPS) is 11.6. The van der Waals surface area contributed by atoms with Gasteiger partial charge in [0.1, 0.15) is 17.7 Å². The van der Waals surface area contributed by atoms with E-state index in [2.05, 4.69) is 20.1 Å². The Balaban J connectivity index is 1.95. The molecule has 0 fully saturated rings. The van der Waals surface area contributed by atoms with E-state index in [0.29, 0.717) is 17.1 Å². The summed E-state index contributed by atoms with van der Waals surface area (Å²) in [6, 6.07) is 8.17. The zero-order valence-electron chi connectivity index (χ0n) is 14.6. The summed E-state index contributed by atoms with van der Waals surface area (Å²) in [5.74, 6) is 0.578. The summed E-state index contributed by atoms with van der Waals surface area (Å²) in [5, 5.41) is 5.51. The molecule has 0 aliphatic rings. The summed E-state index contributed by atoms with van der Waals surface area (Å²) in [6.45, 7) is 3.34. The second-order valence-electron chi connectivity index (χ2n) is 5.89. The predicted octanol–water partition coefficient (Wildman–Crippen LogP) is 3.16. The lowest BCUT2D eigenvalue weighted by Gasteiger charge is -2.23. The Morgan fingerprint density at radius 3 is 2.52 bits per heavy atom. The van der Waals surface area contributed by atoms with Crippen molar-refractivity contribution in [1.82, 2.24) is 20.1 Å². The number of anilines is 2. The third-order valence-electron chi connectivity index (χ3n) is 4.12. The van der Waals surface area contributed by atoms with Gasteiger partial charge in [-0.2, -0.15) is 0 Å². The molecular weight excluding hydrogens is 366 g/mol. The van der Waals surface area contributed by atoms with Gasteiger partial charge in [0.2, 0.25) is 0 Å². The van der Waals surface area contributed by atoms with Crippen LogP contribution in [0.5, 0.6) is 0 Å². The molecule has 9 heteroatoms. The third kappa shape index (κ3) is 2.91. The van der Waals surface area contributed by atoms with E-state index in [1.165, 1.54) is 18.6 Å². The summed E-state index contributed by atoms with van der Waals surface area (Å²) < 4.78 is 33.4. The van der Waals surface area contributed by atoms with E-state index in [-0.39, 0.29) is 10.7 Å². The van der Waals surface area contributed by atoms with Crippen LogP contribution in [0.3, 0.4) is 0 Å². The lowest BCUT2D eigenvalue weighted by Crippen LogP contribution is -2.28. The van der Waals surface area contributed by atoms with Gasteiger partial charge in [-0.3, -0.25) is 4.98 Å². The number of benzene rings is 1. The van der Waals surface area contributed by atoms with Gasteiger partial charge in [0.15, 0.2) is 11.6 Å². The van der Waals surface area contributed by atoms with Crippen LogP contribution in [0.4, 0.5) is 11.5 Å². The van der Waals surface area contributed by atoms with Crippen LogP contribution in [0.15, 0.2) is 64.7 Å². The number of aromatic nitrogens is 4. The third-order valence-corrected chi connectivity index (χ3v) is 5.82. The maximum absolute atomic E-state index is 13.6. The molecule has 0 aliphatic carbocycles. The van der Waals surface area contributed by atoms with Gasteiger partial charge in [-0.1, -0.05) is 11.2 Å². The largest absolute Gasteiger partial charge is 0.359 e. The molecule has 27 heavy (non-hydrogen) atoms. The van der Waals surface area contributed by atoms with E-state index in [4.69, 9.17) is 4.52 Å². The number of pyridine rings is 1. The lowest BCUT2D eigenvalue weighted by molar-refractivity contribution is 0.393. The number of hydrogen-bond donors (Lipinski definition) is 0. The Labute approximate surface area is 155 Å². The molecule has 4 rings (SSSR count). The SMILES string of the molecule is Cc1noc(C)c1N(c1ccncn1)S(=O)(=O)c1ccc2cnccc2c1. The number of aryl methyl sites for hydroxylation is 2. The number of rotatable bonds is 4. The molecule has 0 unspecified atom stereocenters. The molecule has 8 nitrogen and oxygen atoms in total. The Bertz CT molecular complexity index is 1200. The molecule has 1 aromatic carbocycles. The molecule has 4 aromatic rings. The number of nitrogens with zero attached hydrogens (tertiary/aromatic N) is 5. The van der Waals surface area contributed by atoms with Gasteiger partial charge >= 0.3 is 0 Å². The van der Waals surface area contributed by atoms with E-state index < -0.39 is 10.0 Å². The highest BCUT2D eigenvalue weighted by Crippen LogP contribution is 2.36. The monoisotopic (exact) mass is 381 g/mol. The first-order valence-electron chi connectivity index (χ1n) is 8.06. The molecule has 3 heterocycles. The van der Waals surface area contributed by atoms with E-state index in [0.717, 1.165) is 15.1 Å². The van der Waals surface area contributed by atoms with Crippen LogP contribution < -0.4 is 4.31 Å². The zero-order chi connectivity index (χ0) is 19.0. The highest BCUT2D eigenvalue weighted by Gasteiger charge is 2.32. The van der Waals surface area contributed by atoms with Crippen LogP contribution in [0.2, 0.25) is 0 Å². The molecule has 0 atom stereocenters. The Hall–Kier alpha value is -3.33. The van der Waals surface area contributed by atoms with Gasteiger partial charge in [-0.25, -0.2) is 22.7 Å². The van der Waals surface area contributed by atoms with Gasteiger partial charge in [0.25, 0.3) is 10.0 Å². The molecule has 0 aliphatic heterocycles. The molecule has 0 amide bonds. The van der Waals surface area contributed by atoms with Crippen molar-refractivity contribution in [2.24, 2.45) is 0 Å². The Morgan fingerprint density at radius 2 is 1.81 bits per heavy atom. The molecule has 136 valence electrons. The number of hydrogen-bond acceptors (Lipinski definition) is 7. The van der Waals surface area contributed by atoms with Gasteiger partial charge in [0, 0.05) is 30.0 Å². The van der Waals surface area contributed by atoms with Gasteiger partial charge in [-0.15, -0.1) is 0 Å². The average molecular weight is 381 g/mol. The van der Waals surface area contributed by atoms with Crippen molar-refractivity contribution in [1.29, 1.82) is 0 Å². The van der Waals surface area contributed by atoms with Gasteiger partial charge < -0.3 is 4.52 Å². The first-order valence-corrected chi connectivity index (χ1v) is 9.50. The van der Waals surface area contributed by atoms with Crippen molar-refractivity contribution in [3.8, 4) is 0 Å². The molecule has 0 bridgehead atoms. The Morgan fingerprint density at radius 1 is 1.00 bits per heavy atom. The molecule has 0 radical (unpaired) electrons. The van der Waals surface area contributed by atoms with Crippen LogP contribution >= 0.6 is 0 Å². The molecule has 0 spiro atoms. The van der Waals surface area contributed by atoms with E-state index in [1.54, 1.807) is 50.5 Å². The highest BCUT2D eigenvalue weighted by molar-refractivity contribution is 7.93. The number of sulfonamides is 1. The standard InChI is InChI=1S/C18H15N5O3S/c1-12-18(13(2)26-22-12)23(17-6-8-20-11-21-17)27(24,25)16-4-3-15-10-19-7-5-14(15)9-16/h3-11H,1-2H3. The average Bonchev–Trinajstić information content (AvgIpc) is 3.01. The van der Waals surface area contributed by atoms with Crippen molar-refractivity contribution in [3.63, 3.8) is 0 Å². The molecule has 0 saturated heterocycles. The summed E-state index contributed by atoms with van der Waals surface area (Å²) in [4.78, 5) is 12.2. The van der Waals surface area contributed by atoms with E-state index in [9.17, 15) is 8.42 Å². The van der Waals surface area contributed by atoms with Gasteiger partial charge in [-0.05, 0) is 37.4 Å². The Kier molecular flexibility index (Phi) is 4.08. The first-order chi connectivity index (χ1) is 13.0. The molecule has 0 saturated carbocycles. The van der Waals surface area contributed by atoms with Crippen molar-refractivity contribution < 1.29 is 12.9 Å². The molecular formula is C18H15N5O3S. The van der Waals surface area contributed by atoms with Crippen molar-refractivity contribution in [3.05, 3.63) is 66.7 Å². The second kappa shape index (κ2) is 6.44. The van der Waals surface area contributed by atoms with Crippen LogP contribution in [-0.2, 0) is 10.0 Å². The molecule has 0 N–H and O–H groups in total. The smallest absolute Gasteiger partial charge is 0.270 e. The van der Waals surface area contributed by atoms with E-state index >= 15 is 0 Å². The lowest BCUT2D eigenvalue weighted by atomic mass is 10.2. The van der Waals surface area contributed by atoms with Crippen molar-refractivity contribution >= 4 is 32.3 Å². The van der Waals surface area contributed by atoms with Crippen molar-refractivity contribution in [2.45, 2.75) is 18.7 Å².